The van der Waals surface area contributed by atoms with Gasteiger partial charge in [-0.15, -0.1) is 0 Å². The molecule has 0 saturated heterocycles. The normalized spacial score (nSPS) is 12.7. The molecule has 112 valence electrons. The van der Waals surface area contributed by atoms with Crippen LogP contribution in [0.5, 0.6) is 0 Å². The van der Waals surface area contributed by atoms with Gasteiger partial charge in [0.05, 0.1) is 0 Å². The predicted octanol–water partition coefficient (Wildman–Crippen LogP) is 1.93. The standard InChI is InChI=1S/C14H25N5O/c1-7-15-11-9(2)12(17-8-16-11)18-10(3)13(20)19-14(4,5)6/h8,10H,7H2,1-6H3,(H,19,20)(H2,15,16,17,18). The van der Waals surface area contributed by atoms with Gasteiger partial charge in [0.25, 0.3) is 0 Å². The van der Waals surface area contributed by atoms with Crippen molar-refractivity contribution in [3.63, 3.8) is 0 Å². The van der Waals surface area contributed by atoms with Gasteiger partial charge in [0.2, 0.25) is 5.91 Å². The third-order valence-electron chi connectivity index (χ3n) is 2.67. The highest BCUT2D eigenvalue weighted by molar-refractivity contribution is 5.84. The lowest BCUT2D eigenvalue weighted by atomic mass is 10.1. The molecule has 0 spiro atoms. The lowest BCUT2D eigenvalue weighted by Crippen LogP contribution is -2.47. The quantitative estimate of drug-likeness (QED) is 0.767. The zero-order valence-corrected chi connectivity index (χ0v) is 13.2. The van der Waals surface area contributed by atoms with Gasteiger partial charge in [-0.25, -0.2) is 9.97 Å². The van der Waals surface area contributed by atoms with E-state index in [9.17, 15) is 4.79 Å². The third kappa shape index (κ3) is 4.68. The summed E-state index contributed by atoms with van der Waals surface area (Å²) in [5.74, 6) is 1.40. The Balaban J connectivity index is 2.78. The van der Waals surface area contributed by atoms with Crippen molar-refractivity contribution in [2.45, 2.75) is 53.1 Å². The predicted molar refractivity (Wildman–Crippen MR) is 81.9 cm³/mol. The molecule has 1 amide bonds. The molecule has 0 aromatic carbocycles. The van der Waals surface area contributed by atoms with Crippen LogP contribution in [0.3, 0.4) is 0 Å². The van der Waals surface area contributed by atoms with Crippen LogP contribution < -0.4 is 16.0 Å². The Labute approximate surface area is 120 Å². The second-order valence-corrected chi connectivity index (χ2v) is 5.83. The molecule has 0 bridgehead atoms. The van der Waals surface area contributed by atoms with Crippen LogP contribution in [-0.2, 0) is 4.79 Å². The number of nitrogens with one attached hydrogen (secondary N) is 3. The summed E-state index contributed by atoms with van der Waals surface area (Å²) in [4.78, 5) is 20.4. The number of carbonyl (C=O) groups is 1. The number of aromatic nitrogens is 2. The summed E-state index contributed by atoms with van der Waals surface area (Å²) in [5, 5.41) is 9.23. The van der Waals surface area contributed by atoms with Crippen LogP contribution in [0.15, 0.2) is 6.33 Å². The molecular weight excluding hydrogens is 254 g/mol. The molecular formula is C14H25N5O. The van der Waals surface area contributed by atoms with Crippen LogP contribution in [0.2, 0.25) is 0 Å². The Morgan fingerprint density at radius 3 is 2.45 bits per heavy atom. The van der Waals surface area contributed by atoms with Crippen molar-refractivity contribution in [2.24, 2.45) is 0 Å². The number of anilines is 2. The molecule has 1 rings (SSSR count). The highest BCUT2D eigenvalue weighted by Gasteiger charge is 2.20. The summed E-state index contributed by atoms with van der Waals surface area (Å²) >= 11 is 0. The van der Waals surface area contributed by atoms with Gasteiger partial charge in [-0.2, -0.15) is 0 Å². The molecule has 0 fully saturated rings. The lowest BCUT2D eigenvalue weighted by molar-refractivity contribution is -0.122. The number of amides is 1. The van der Waals surface area contributed by atoms with Gasteiger partial charge < -0.3 is 16.0 Å². The van der Waals surface area contributed by atoms with Gasteiger partial charge in [-0.05, 0) is 41.5 Å². The molecule has 3 N–H and O–H groups in total. The van der Waals surface area contributed by atoms with Crippen molar-refractivity contribution in [1.82, 2.24) is 15.3 Å². The van der Waals surface area contributed by atoms with Crippen molar-refractivity contribution in [1.29, 1.82) is 0 Å². The van der Waals surface area contributed by atoms with Crippen LogP contribution in [-0.4, -0.2) is 34.0 Å². The van der Waals surface area contributed by atoms with E-state index in [1.165, 1.54) is 6.33 Å². The fraction of sp³-hybridized carbons (Fsp3) is 0.643. The third-order valence-corrected chi connectivity index (χ3v) is 2.67. The Kier molecular flexibility index (Phi) is 5.30. The number of hydrogen-bond acceptors (Lipinski definition) is 5. The van der Waals surface area contributed by atoms with Gasteiger partial charge in [-0.3, -0.25) is 4.79 Å². The maximum Gasteiger partial charge on any atom is 0.242 e. The summed E-state index contributed by atoms with van der Waals surface area (Å²) in [6.45, 7) is 12.4. The van der Waals surface area contributed by atoms with Crippen LogP contribution >= 0.6 is 0 Å². The first kappa shape index (κ1) is 16.2. The van der Waals surface area contributed by atoms with Crippen LogP contribution in [0.25, 0.3) is 0 Å². The highest BCUT2D eigenvalue weighted by atomic mass is 16.2. The molecule has 1 unspecified atom stereocenters. The Bertz CT molecular complexity index is 467. The molecule has 20 heavy (non-hydrogen) atoms. The maximum atomic E-state index is 12.1. The Morgan fingerprint density at radius 2 is 1.90 bits per heavy atom. The van der Waals surface area contributed by atoms with E-state index in [4.69, 9.17) is 0 Å². The molecule has 1 heterocycles. The average molecular weight is 279 g/mol. The number of nitrogens with zero attached hydrogens (tertiary/aromatic N) is 2. The number of carbonyl (C=O) groups excluding carboxylic acids is 1. The van der Waals surface area contributed by atoms with Gasteiger partial charge >= 0.3 is 0 Å². The van der Waals surface area contributed by atoms with E-state index in [0.29, 0.717) is 5.82 Å². The van der Waals surface area contributed by atoms with Gasteiger partial charge in [-0.1, -0.05) is 0 Å². The van der Waals surface area contributed by atoms with Crippen molar-refractivity contribution in [3.8, 4) is 0 Å². The summed E-state index contributed by atoms with van der Waals surface area (Å²) in [6, 6.07) is -0.364. The molecule has 0 aliphatic heterocycles. The second kappa shape index (κ2) is 6.54. The summed E-state index contributed by atoms with van der Waals surface area (Å²) in [7, 11) is 0. The molecule has 6 nitrogen and oxygen atoms in total. The molecule has 1 aromatic heterocycles. The SMILES string of the molecule is CCNc1ncnc(NC(C)C(=O)NC(C)(C)C)c1C. The van der Waals surface area contributed by atoms with Crippen LogP contribution in [0, 0.1) is 6.92 Å². The Hall–Kier alpha value is -1.85. The minimum Gasteiger partial charge on any atom is -0.370 e. The average Bonchev–Trinajstić information content (AvgIpc) is 2.32. The van der Waals surface area contributed by atoms with Crippen LogP contribution in [0.1, 0.15) is 40.2 Å². The largest absolute Gasteiger partial charge is 0.370 e. The minimum absolute atomic E-state index is 0.0551. The van der Waals surface area contributed by atoms with Gasteiger partial charge in [0, 0.05) is 17.6 Å². The number of hydrogen-bond donors (Lipinski definition) is 3. The zero-order valence-electron chi connectivity index (χ0n) is 13.2. The van der Waals surface area contributed by atoms with E-state index in [-0.39, 0.29) is 17.5 Å². The lowest BCUT2D eigenvalue weighted by Gasteiger charge is -2.24. The van der Waals surface area contributed by atoms with Crippen molar-refractivity contribution in [2.75, 3.05) is 17.2 Å². The van der Waals surface area contributed by atoms with Crippen molar-refractivity contribution in [3.05, 3.63) is 11.9 Å². The molecule has 0 saturated carbocycles. The summed E-state index contributed by atoms with van der Waals surface area (Å²) < 4.78 is 0. The molecule has 1 aromatic rings. The van der Waals surface area contributed by atoms with E-state index in [1.807, 2.05) is 41.5 Å². The Morgan fingerprint density at radius 1 is 1.30 bits per heavy atom. The monoisotopic (exact) mass is 279 g/mol. The van der Waals surface area contributed by atoms with Gasteiger partial charge in [0.1, 0.15) is 24.0 Å². The second-order valence-electron chi connectivity index (χ2n) is 5.83. The minimum atomic E-state index is -0.364. The maximum absolute atomic E-state index is 12.1. The van der Waals surface area contributed by atoms with E-state index in [2.05, 4.69) is 25.9 Å². The highest BCUT2D eigenvalue weighted by Crippen LogP contribution is 2.18. The molecule has 0 radical (unpaired) electrons. The first-order valence-electron chi connectivity index (χ1n) is 6.88. The topological polar surface area (TPSA) is 78.9 Å². The van der Waals surface area contributed by atoms with Crippen LogP contribution in [0.4, 0.5) is 11.6 Å². The van der Waals surface area contributed by atoms with Gasteiger partial charge in [0.15, 0.2) is 0 Å². The fourth-order valence-electron chi connectivity index (χ4n) is 1.69. The molecule has 0 aliphatic carbocycles. The number of rotatable bonds is 5. The summed E-state index contributed by atoms with van der Waals surface area (Å²) in [5.41, 5.74) is 0.660. The van der Waals surface area contributed by atoms with E-state index in [1.54, 1.807) is 0 Å². The smallest absolute Gasteiger partial charge is 0.242 e. The first-order chi connectivity index (χ1) is 9.24. The van der Waals surface area contributed by atoms with Crippen molar-refractivity contribution >= 4 is 17.5 Å². The molecule has 0 aliphatic rings. The summed E-state index contributed by atoms with van der Waals surface area (Å²) in [6.07, 6.45) is 1.49. The zero-order chi connectivity index (χ0) is 15.3. The fourth-order valence-corrected chi connectivity index (χ4v) is 1.69. The van der Waals surface area contributed by atoms with E-state index >= 15 is 0 Å². The molecule has 6 heteroatoms. The van der Waals surface area contributed by atoms with E-state index < -0.39 is 0 Å². The van der Waals surface area contributed by atoms with E-state index in [0.717, 1.165) is 17.9 Å². The first-order valence-corrected chi connectivity index (χ1v) is 6.88. The van der Waals surface area contributed by atoms with Crippen molar-refractivity contribution < 1.29 is 4.79 Å². The molecule has 1 atom stereocenters.